The molecule has 2 rings (SSSR count). The van der Waals surface area contributed by atoms with E-state index in [2.05, 4.69) is 19.2 Å². The zero-order valence-corrected chi connectivity index (χ0v) is 12.6. The maximum absolute atomic E-state index is 12.2. The zero-order valence-electron chi connectivity index (χ0n) is 12.6. The molecule has 1 saturated heterocycles. The summed E-state index contributed by atoms with van der Waals surface area (Å²) < 4.78 is 5.89. The summed E-state index contributed by atoms with van der Waals surface area (Å²) in [6, 6.07) is 4.02. The van der Waals surface area contributed by atoms with Gasteiger partial charge in [0.25, 0.3) is 5.91 Å². The highest BCUT2D eigenvalue weighted by molar-refractivity contribution is 5.97. The van der Waals surface area contributed by atoms with Gasteiger partial charge < -0.3 is 20.3 Å². The Morgan fingerprint density at radius 1 is 1.38 bits per heavy atom. The monoisotopic (exact) mass is 293 g/mol. The zero-order chi connectivity index (χ0) is 15.5. The van der Waals surface area contributed by atoms with Gasteiger partial charge in [-0.2, -0.15) is 0 Å². The van der Waals surface area contributed by atoms with E-state index >= 15 is 0 Å². The number of phenols is 2. The Balaban J connectivity index is 2.05. The second kappa shape index (κ2) is 6.35. The lowest BCUT2D eigenvalue weighted by molar-refractivity contribution is -0.0917. The van der Waals surface area contributed by atoms with E-state index in [1.165, 1.54) is 18.2 Å². The third-order valence-electron chi connectivity index (χ3n) is 4.34. The number of hydrogen-bond acceptors (Lipinski definition) is 4. The lowest BCUT2D eigenvalue weighted by Crippen LogP contribution is -2.48. The molecule has 116 valence electrons. The van der Waals surface area contributed by atoms with Gasteiger partial charge in [0.15, 0.2) is 0 Å². The number of ether oxygens (including phenoxy) is 1. The van der Waals surface area contributed by atoms with Gasteiger partial charge in [0, 0.05) is 18.7 Å². The Morgan fingerprint density at radius 2 is 2.10 bits per heavy atom. The SMILES string of the molecule is CCC1(CC)CC(NC(=O)c2ccc(O)cc2O)CCO1. The lowest BCUT2D eigenvalue weighted by atomic mass is 9.86. The highest BCUT2D eigenvalue weighted by Gasteiger charge is 2.35. The Kier molecular flexibility index (Phi) is 4.73. The van der Waals surface area contributed by atoms with Crippen LogP contribution >= 0.6 is 0 Å². The number of benzene rings is 1. The van der Waals surface area contributed by atoms with Crippen molar-refractivity contribution in [1.29, 1.82) is 0 Å². The molecular weight excluding hydrogens is 270 g/mol. The van der Waals surface area contributed by atoms with Crippen molar-refractivity contribution in [3.05, 3.63) is 23.8 Å². The standard InChI is InChI=1S/C16H23NO4/c1-3-16(4-2)10-11(7-8-21-16)17-15(20)13-6-5-12(18)9-14(13)19/h5-6,9,11,18-19H,3-4,7-8,10H2,1-2H3,(H,17,20). The van der Waals surface area contributed by atoms with E-state index in [4.69, 9.17) is 4.74 Å². The Hall–Kier alpha value is -1.75. The molecule has 1 amide bonds. The largest absolute Gasteiger partial charge is 0.508 e. The van der Waals surface area contributed by atoms with E-state index in [9.17, 15) is 15.0 Å². The number of amides is 1. The van der Waals surface area contributed by atoms with Crippen molar-refractivity contribution in [3.63, 3.8) is 0 Å². The molecule has 0 bridgehead atoms. The first-order chi connectivity index (χ1) is 9.99. The summed E-state index contributed by atoms with van der Waals surface area (Å²) in [7, 11) is 0. The summed E-state index contributed by atoms with van der Waals surface area (Å²) in [6.07, 6.45) is 3.39. The second-order valence-electron chi connectivity index (χ2n) is 5.60. The highest BCUT2D eigenvalue weighted by Crippen LogP contribution is 2.32. The van der Waals surface area contributed by atoms with Crippen LogP contribution in [0.5, 0.6) is 11.5 Å². The third kappa shape index (κ3) is 3.47. The van der Waals surface area contributed by atoms with Crippen LogP contribution in [0.4, 0.5) is 0 Å². The number of phenolic OH excluding ortho intramolecular Hbond substituents is 2. The molecule has 0 saturated carbocycles. The van der Waals surface area contributed by atoms with Crippen molar-refractivity contribution in [2.75, 3.05) is 6.61 Å². The number of rotatable bonds is 4. The predicted molar refractivity (Wildman–Crippen MR) is 79.5 cm³/mol. The quantitative estimate of drug-likeness (QED) is 0.797. The second-order valence-corrected chi connectivity index (χ2v) is 5.60. The van der Waals surface area contributed by atoms with Gasteiger partial charge in [0.2, 0.25) is 0 Å². The maximum Gasteiger partial charge on any atom is 0.255 e. The lowest BCUT2D eigenvalue weighted by Gasteiger charge is -2.40. The minimum absolute atomic E-state index is 0.0411. The van der Waals surface area contributed by atoms with E-state index in [-0.39, 0.29) is 34.6 Å². The summed E-state index contributed by atoms with van der Waals surface area (Å²) in [5.41, 5.74) is 0.0191. The summed E-state index contributed by atoms with van der Waals surface area (Å²) in [5, 5.41) is 22.0. The van der Waals surface area contributed by atoms with Crippen molar-refractivity contribution in [1.82, 2.24) is 5.32 Å². The molecule has 0 aromatic heterocycles. The van der Waals surface area contributed by atoms with Crippen LogP contribution in [0.25, 0.3) is 0 Å². The molecule has 1 aromatic carbocycles. The average Bonchev–Trinajstić information content (AvgIpc) is 2.47. The predicted octanol–water partition coefficient (Wildman–Crippen LogP) is 2.57. The fourth-order valence-electron chi connectivity index (χ4n) is 2.87. The van der Waals surface area contributed by atoms with E-state index in [1.54, 1.807) is 0 Å². The molecule has 0 aliphatic carbocycles. The van der Waals surface area contributed by atoms with E-state index < -0.39 is 0 Å². The van der Waals surface area contributed by atoms with Crippen LogP contribution < -0.4 is 5.32 Å². The van der Waals surface area contributed by atoms with Crippen molar-refractivity contribution in [2.24, 2.45) is 0 Å². The summed E-state index contributed by atoms with van der Waals surface area (Å²) in [6.45, 7) is 4.83. The van der Waals surface area contributed by atoms with Gasteiger partial charge in [0.05, 0.1) is 11.2 Å². The number of carbonyl (C=O) groups excluding carboxylic acids is 1. The first-order valence-corrected chi connectivity index (χ1v) is 7.46. The Morgan fingerprint density at radius 3 is 2.71 bits per heavy atom. The fraction of sp³-hybridized carbons (Fsp3) is 0.562. The molecule has 1 unspecified atom stereocenters. The van der Waals surface area contributed by atoms with Gasteiger partial charge >= 0.3 is 0 Å². The summed E-state index contributed by atoms with van der Waals surface area (Å²) in [5.74, 6) is -0.594. The molecule has 1 aromatic rings. The van der Waals surface area contributed by atoms with Gasteiger partial charge in [-0.05, 0) is 37.8 Å². The molecule has 21 heavy (non-hydrogen) atoms. The normalized spacial score (nSPS) is 21.0. The Labute approximate surface area is 124 Å². The maximum atomic E-state index is 12.2. The molecule has 0 spiro atoms. The van der Waals surface area contributed by atoms with Crippen LogP contribution in [0.1, 0.15) is 49.9 Å². The van der Waals surface area contributed by atoms with Gasteiger partial charge in [-0.25, -0.2) is 0 Å². The van der Waals surface area contributed by atoms with Crippen molar-refractivity contribution in [2.45, 2.75) is 51.2 Å². The van der Waals surface area contributed by atoms with Crippen LogP contribution in [0.15, 0.2) is 18.2 Å². The summed E-state index contributed by atoms with van der Waals surface area (Å²) >= 11 is 0. The van der Waals surface area contributed by atoms with E-state index in [1.807, 2.05) is 0 Å². The molecule has 1 aliphatic rings. The van der Waals surface area contributed by atoms with Crippen LogP contribution in [0, 0.1) is 0 Å². The molecule has 0 radical (unpaired) electrons. The van der Waals surface area contributed by atoms with Crippen molar-refractivity contribution in [3.8, 4) is 11.5 Å². The number of hydrogen-bond donors (Lipinski definition) is 3. The molecular formula is C16H23NO4. The molecule has 5 nitrogen and oxygen atoms in total. The van der Waals surface area contributed by atoms with E-state index in [0.29, 0.717) is 6.61 Å². The smallest absolute Gasteiger partial charge is 0.255 e. The van der Waals surface area contributed by atoms with Gasteiger partial charge in [-0.15, -0.1) is 0 Å². The van der Waals surface area contributed by atoms with Crippen LogP contribution in [-0.4, -0.2) is 34.4 Å². The number of aromatic hydroxyl groups is 2. The van der Waals surface area contributed by atoms with Crippen LogP contribution in [0.2, 0.25) is 0 Å². The molecule has 1 fully saturated rings. The average molecular weight is 293 g/mol. The van der Waals surface area contributed by atoms with Crippen LogP contribution in [-0.2, 0) is 4.74 Å². The van der Waals surface area contributed by atoms with Gasteiger partial charge in [-0.3, -0.25) is 4.79 Å². The Bertz CT molecular complexity index is 511. The number of carbonyl (C=O) groups is 1. The third-order valence-corrected chi connectivity index (χ3v) is 4.34. The minimum atomic E-state index is -0.319. The first kappa shape index (κ1) is 15.6. The molecule has 1 heterocycles. The van der Waals surface area contributed by atoms with Crippen LogP contribution in [0.3, 0.4) is 0 Å². The summed E-state index contributed by atoms with van der Waals surface area (Å²) in [4.78, 5) is 12.2. The molecule has 1 aliphatic heterocycles. The first-order valence-electron chi connectivity index (χ1n) is 7.46. The molecule has 5 heteroatoms. The highest BCUT2D eigenvalue weighted by atomic mass is 16.5. The van der Waals surface area contributed by atoms with E-state index in [0.717, 1.165) is 25.7 Å². The molecule has 3 N–H and O–H groups in total. The number of nitrogens with one attached hydrogen (secondary N) is 1. The minimum Gasteiger partial charge on any atom is -0.508 e. The van der Waals surface area contributed by atoms with Crippen molar-refractivity contribution < 1.29 is 19.7 Å². The van der Waals surface area contributed by atoms with Gasteiger partial charge in [-0.1, -0.05) is 13.8 Å². The molecule has 1 atom stereocenters. The van der Waals surface area contributed by atoms with Crippen molar-refractivity contribution >= 4 is 5.91 Å². The van der Waals surface area contributed by atoms with Gasteiger partial charge in [0.1, 0.15) is 11.5 Å². The topological polar surface area (TPSA) is 78.8 Å². The fourth-order valence-corrected chi connectivity index (χ4v) is 2.87.